The molecule has 0 aliphatic carbocycles. The summed E-state index contributed by atoms with van der Waals surface area (Å²) in [7, 11) is 0. The van der Waals surface area contributed by atoms with Crippen LogP contribution in [0.15, 0.2) is 33.7 Å². The van der Waals surface area contributed by atoms with Gasteiger partial charge in [0.1, 0.15) is 11.5 Å². The summed E-state index contributed by atoms with van der Waals surface area (Å²) in [5.74, 6) is -0.378. The van der Waals surface area contributed by atoms with Crippen LogP contribution in [0.4, 0.5) is 4.39 Å². The van der Waals surface area contributed by atoms with Crippen molar-refractivity contribution >= 4 is 11.3 Å². The number of aromatic amines is 1. The van der Waals surface area contributed by atoms with E-state index in [1.807, 2.05) is 0 Å². The van der Waals surface area contributed by atoms with Crippen molar-refractivity contribution in [2.75, 3.05) is 0 Å². The predicted octanol–water partition coefficient (Wildman–Crippen LogP) is 1.04. The summed E-state index contributed by atoms with van der Waals surface area (Å²) in [6, 6.07) is 6.21. The summed E-state index contributed by atoms with van der Waals surface area (Å²) in [6.45, 7) is 0. The smallest absolute Gasteiger partial charge is 0.271 e. The van der Waals surface area contributed by atoms with Crippen LogP contribution in [0, 0.1) is 5.82 Å². The minimum Gasteiger partial charge on any atom is -0.299 e. The second kappa shape index (κ2) is 4.02. The Labute approximate surface area is 99.4 Å². The lowest BCUT2D eigenvalue weighted by atomic mass is 10.1. The first kappa shape index (κ1) is 10.6. The molecule has 7 heteroatoms. The van der Waals surface area contributed by atoms with Crippen molar-refractivity contribution in [2.24, 2.45) is 0 Å². The van der Waals surface area contributed by atoms with Gasteiger partial charge in [-0.1, -0.05) is 18.2 Å². The van der Waals surface area contributed by atoms with Gasteiger partial charge < -0.3 is 0 Å². The number of H-pyrrole nitrogens is 1. The molecule has 0 saturated heterocycles. The number of fused-ring (bicyclic) bond motifs is 1. The summed E-state index contributed by atoms with van der Waals surface area (Å²) < 4.78 is 17.9. The zero-order chi connectivity index (χ0) is 12.5. The number of aromatic nitrogens is 4. The number of hydrogen-bond acceptors (Lipinski definition) is 5. The van der Waals surface area contributed by atoms with Crippen molar-refractivity contribution in [1.29, 1.82) is 0 Å². The number of hydrogen-bond donors (Lipinski definition) is 1. The molecule has 1 N–H and O–H groups in total. The van der Waals surface area contributed by atoms with Crippen LogP contribution in [0.5, 0.6) is 0 Å². The summed E-state index contributed by atoms with van der Waals surface area (Å²) in [6.07, 6.45) is 0.0881. The fourth-order valence-electron chi connectivity index (χ4n) is 1.64. The van der Waals surface area contributed by atoms with E-state index in [1.165, 1.54) is 6.07 Å². The molecule has 6 nitrogen and oxygen atoms in total. The normalized spacial score (nSPS) is 10.9. The molecule has 3 rings (SSSR count). The standard InChI is InChI=1S/C11H7FN4O2/c12-7-4-2-1-3-6(7)5-8-11(17)14-10-9(13-8)15-18-16-10/h1-4H,5H2,(H,14,16,17). The minimum absolute atomic E-state index is 0.0881. The summed E-state index contributed by atoms with van der Waals surface area (Å²) in [5.41, 5.74) is 0.509. The van der Waals surface area contributed by atoms with E-state index in [4.69, 9.17) is 0 Å². The Morgan fingerprint density at radius 1 is 1.28 bits per heavy atom. The maximum Gasteiger partial charge on any atom is 0.271 e. The predicted molar refractivity (Wildman–Crippen MR) is 59.4 cm³/mol. The highest BCUT2D eigenvalue weighted by atomic mass is 19.1. The van der Waals surface area contributed by atoms with Gasteiger partial charge in [-0.2, -0.15) is 0 Å². The number of benzene rings is 1. The van der Waals surface area contributed by atoms with Crippen molar-refractivity contribution < 1.29 is 9.02 Å². The first-order chi connectivity index (χ1) is 8.74. The third kappa shape index (κ3) is 1.75. The SMILES string of the molecule is O=c1[nH]c2nonc2nc1Cc1ccccc1F. The zero-order valence-electron chi connectivity index (χ0n) is 9.05. The van der Waals surface area contributed by atoms with Crippen molar-refractivity contribution in [1.82, 2.24) is 20.3 Å². The zero-order valence-corrected chi connectivity index (χ0v) is 9.05. The van der Waals surface area contributed by atoms with E-state index in [0.717, 1.165) is 0 Å². The third-order valence-corrected chi connectivity index (χ3v) is 2.52. The highest BCUT2D eigenvalue weighted by Gasteiger charge is 2.11. The lowest BCUT2D eigenvalue weighted by molar-refractivity contribution is 0.314. The van der Waals surface area contributed by atoms with Gasteiger partial charge in [-0.05, 0) is 21.9 Å². The van der Waals surface area contributed by atoms with Gasteiger partial charge >= 0.3 is 0 Å². The van der Waals surface area contributed by atoms with Crippen molar-refractivity contribution in [3.63, 3.8) is 0 Å². The molecule has 0 radical (unpaired) electrons. The quantitative estimate of drug-likeness (QED) is 0.730. The van der Waals surface area contributed by atoms with Gasteiger partial charge in [0, 0.05) is 6.42 Å². The molecular weight excluding hydrogens is 239 g/mol. The molecule has 2 heterocycles. The Kier molecular flexibility index (Phi) is 2.36. The van der Waals surface area contributed by atoms with Gasteiger partial charge in [-0.3, -0.25) is 9.78 Å². The first-order valence-electron chi connectivity index (χ1n) is 5.19. The monoisotopic (exact) mass is 246 g/mol. The van der Waals surface area contributed by atoms with Gasteiger partial charge in [0.2, 0.25) is 11.3 Å². The molecule has 0 amide bonds. The van der Waals surface area contributed by atoms with E-state index in [2.05, 4.69) is 24.9 Å². The molecule has 0 atom stereocenters. The second-order valence-corrected chi connectivity index (χ2v) is 3.72. The first-order valence-corrected chi connectivity index (χ1v) is 5.19. The fraction of sp³-hybridized carbons (Fsp3) is 0.0909. The molecule has 90 valence electrons. The van der Waals surface area contributed by atoms with Gasteiger partial charge in [0.25, 0.3) is 5.56 Å². The average Bonchev–Trinajstić information content (AvgIpc) is 2.79. The topological polar surface area (TPSA) is 84.7 Å². The van der Waals surface area contributed by atoms with Crippen LogP contribution < -0.4 is 5.56 Å². The Bertz CT molecular complexity index is 765. The summed E-state index contributed by atoms with van der Waals surface area (Å²) in [4.78, 5) is 18.2. The Morgan fingerprint density at radius 3 is 2.94 bits per heavy atom. The maximum atomic E-state index is 13.5. The van der Waals surface area contributed by atoms with Crippen LogP contribution in [-0.2, 0) is 6.42 Å². The highest BCUT2D eigenvalue weighted by molar-refractivity contribution is 5.62. The summed E-state index contributed by atoms with van der Waals surface area (Å²) >= 11 is 0. The number of nitrogens with one attached hydrogen (secondary N) is 1. The van der Waals surface area contributed by atoms with Crippen LogP contribution in [0.3, 0.4) is 0 Å². The van der Waals surface area contributed by atoms with Crippen LogP contribution >= 0.6 is 0 Å². The molecule has 0 bridgehead atoms. The second-order valence-electron chi connectivity index (χ2n) is 3.72. The third-order valence-electron chi connectivity index (χ3n) is 2.52. The highest BCUT2D eigenvalue weighted by Crippen LogP contribution is 2.10. The molecule has 3 aromatic rings. The lowest BCUT2D eigenvalue weighted by Crippen LogP contribution is -2.16. The molecule has 1 aromatic carbocycles. The average molecular weight is 246 g/mol. The van der Waals surface area contributed by atoms with Gasteiger partial charge in [0.15, 0.2) is 0 Å². The van der Waals surface area contributed by atoms with E-state index in [1.54, 1.807) is 18.2 Å². The van der Waals surface area contributed by atoms with E-state index >= 15 is 0 Å². The molecule has 0 unspecified atom stereocenters. The lowest BCUT2D eigenvalue weighted by Gasteiger charge is -2.01. The Morgan fingerprint density at radius 2 is 2.11 bits per heavy atom. The largest absolute Gasteiger partial charge is 0.299 e. The fourth-order valence-corrected chi connectivity index (χ4v) is 1.64. The van der Waals surface area contributed by atoms with Gasteiger partial charge in [-0.25, -0.2) is 14.0 Å². The number of nitrogens with zero attached hydrogens (tertiary/aromatic N) is 3. The molecule has 0 aliphatic rings. The molecule has 0 saturated carbocycles. The molecule has 0 aliphatic heterocycles. The molecule has 0 spiro atoms. The minimum atomic E-state index is -0.429. The van der Waals surface area contributed by atoms with Crippen molar-refractivity contribution in [2.45, 2.75) is 6.42 Å². The van der Waals surface area contributed by atoms with Crippen molar-refractivity contribution in [3.8, 4) is 0 Å². The van der Waals surface area contributed by atoms with Crippen LogP contribution in [0.1, 0.15) is 11.3 Å². The van der Waals surface area contributed by atoms with Crippen LogP contribution in [-0.4, -0.2) is 20.3 Å². The Balaban J connectivity index is 2.07. The van der Waals surface area contributed by atoms with E-state index < -0.39 is 5.56 Å². The number of halogens is 1. The maximum absolute atomic E-state index is 13.5. The van der Waals surface area contributed by atoms with Gasteiger partial charge in [-0.15, -0.1) is 0 Å². The summed E-state index contributed by atoms with van der Waals surface area (Å²) in [5, 5.41) is 6.99. The van der Waals surface area contributed by atoms with Crippen molar-refractivity contribution in [3.05, 3.63) is 51.7 Å². The Hall–Kier alpha value is -2.57. The molecular formula is C11H7FN4O2. The van der Waals surface area contributed by atoms with E-state index in [-0.39, 0.29) is 29.2 Å². The van der Waals surface area contributed by atoms with Crippen LogP contribution in [0.2, 0.25) is 0 Å². The molecule has 0 fully saturated rings. The number of rotatable bonds is 2. The molecule has 2 aromatic heterocycles. The van der Waals surface area contributed by atoms with Gasteiger partial charge in [0.05, 0.1) is 0 Å². The molecule has 18 heavy (non-hydrogen) atoms. The van der Waals surface area contributed by atoms with E-state index in [9.17, 15) is 9.18 Å². The van der Waals surface area contributed by atoms with Crippen LogP contribution in [0.25, 0.3) is 11.3 Å². The van der Waals surface area contributed by atoms with E-state index in [0.29, 0.717) is 5.56 Å².